The van der Waals surface area contributed by atoms with Crippen molar-refractivity contribution in [2.75, 3.05) is 18.5 Å². The van der Waals surface area contributed by atoms with Crippen LogP contribution in [-0.2, 0) is 4.79 Å². The number of hydrogen-bond acceptors (Lipinski definition) is 3. The minimum absolute atomic E-state index is 0.0336. The number of nitrogens with one attached hydrogen (secondary N) is 2. The van der Waals surface area contributed by atoms with Crippen LogP contribution in [0.3, 0.4) is 0 Å². The molecule has 1 aliphatic carbocycles. The van der Waals surface area contributed by atoms with E-state index in [1.807, 2.05) is 13.8 Å². The molecule has 5 heteroatoms. The molecule has 1 aliphatic rings. The van der Waals surface area contributed by atoms with E-state index < -0.39 is 0 Å². The zero-order valence-corrected chi connectivity index (χ0v) is 14.8. The van der Waals surface area contributed by atoms with Gasteiger partial charge in [-0.15, -0.1) is 0 Å². The molecule has 5 nitrogen and oxygen atoms in total. The van der Waals surface area contributed by atoms with E-state index in [1.54, 1.807) is 24.3 Å². The maximum atomic E-state index is 12.2. The number of carbonyl (C=O) groups is 2. The minimum atomic E-state index is -0.146. The van der Waals surface area contributed by atoms with Gasteiger partial charge in [-0.25, -0.2) is 0 Å². The molecule has 1 aromatic rings. The molecule has 1 aromatic carbocycles. The number of aliphatic hydroxyl groups excluding tert-OH is 1. The predicted octanol–water partition coefficient (Wildman–Crippen LogP) is 2.81. The smallest absolute Gasteiger partial charge is 0.251 e. The Morgan fingerprint density at radius 3 is 2.67 bits per heavy atom. The SMILES string of the molecule is CC1CC1C(=O)Nc1cccc(C(=O)NCCCC(C)(C)CO)c1. The first-order valence-electron chi connectivity index (χ1n) is 8.62. The quantitative estimate of drug-likeness (QED) is 0.641. The number of hydrogen-bond donors (Lipinski definition) is 3. The van der Waals surface area contributed by atoms with E-state index >= 15 is 0 Å². The molecule has 0 spiro atoms. The highest BCUT2D eigenvalue weighted by molar-refractivity contribution is 5.98. The lowest BCUT2D eigenvalue weighted by atomic mass is 9.89. The summed E-state index contributed by atoms with van der Waals surface area (Å²) in [7, 11) is 0. The number of benzene rings is 1. The lowest BCUT2D eigenvalue weighted by molar-refractivity contribution is -0.117. The molecule has 0 heterocycles. The molecule has 1 saturated carbocycles. The molecule has 0 radical (unpaired) electrons. The summed E-state index contributed by atoms with van der Waals surface area (Å²) in [5.41, 5.74) is 1.08. The van der Waals surface area contributed by atoms with Crippen LogP contribution in [0.15, 0.2) is 24.3 Å². The molecule has 3 N–H and O–H groups in total. The van der Waals surface area contributed by atoms with Crippen molar-refractivity contribution in [3.63, 3.8) is 0 Å². The predicted molar refractivity (Wildman–Crippen MR) is 94.8 cm³/mol. The Kier molecular flexibility index (Phi) is 5.99. The summed E-state index contributed by atoms with van der Waals surface area (Å²) in [5.74, 6) is 0.455. The lowest BCUT2D eigenvalue weighted by Gasteiger charge is -2.21. The van der Waals surface area contributed by atoms with Crippen molar-refractivity contribution in [3.05, 3.63) is 29.8 Å². The van der Waals surface area contributed by atoms with Gasteiger partial charge in [0.25, 0.3) is 5.91 Å². The Balaban J connectivity index is 1.82. The molecule has 0 aliphatic heterocycles. The Labute approximate surface area is 143 Å². The Morgan fingerprint density at radius 2 is 2.04 bits per heavy atom. The summed E-state index contributed by atoms with van der Waals surface area (Å²) in [6.45, 7) is 6.77. The molecule has 0 saturated heterocycles. The van der Waals surface area contributed by atoms with Gasteiger partial charge in [-0.2, -0.15) is 0 Å². The fourth-order valence-corrected chi connectivity index (χ4v) is 2.61. The van der Waals surface area contributed by atoms with Crippen LogP contribution in [0, 0.1) is 17.3 Å². The second-order valence-electron chi connectivity index (χ2n) is 7.57. The van der Waals surface area contributed by atoms with Crippen molar-refractivity contribution < 1.29 is 14.7 Å². The Morgan fingerprint density at radius 1 is 1.33 bits per heavy atom. The maximum Gasteiger partial charge on any atom is 0.251 e. The van der Waals surface area contributed by atoms with Gasteiger partial charge in [0.2, 0.25) is 5.91 Å². The van der Waals surface area contributed by atoms with Gasteiger partial charge in [-0.05, 0) is 48.8 Å². The van der Waals surface area contributed by atoms with Gasteiger partial charge in [-0.3, -0.25) is 9.59 Å². The van der Waals surface area contributed by atoms with E-state index in [2.05, 4.69) is 17.6 Å². The Bertz CT molecular complexity index is 598. The standard InChI is InChI=1S/C19H28N2O3/c1-13-10-16(13)18(24)21-15-7-4-6-14(11-15)17(23)20-9-5-8-19(2,3)12-22/h4,6-7,11,13,16,22H,5,8-10,12H2,1-3H3,(H,20,23)(H,21,24). The van der Waals surface area contributed by atoms with Gasteiger partial charge in [0.15, 0.2) is 0 Å². The van der Waals surface area contributed by atoms with E-state index in [-0.39, 0.29) is 29.8 Å². The molecule has 2 amide bonds. The second kappa shape index (κ2) is 7.79. The van der Waals surface area contributed by atoms with E-state index in [0.29, 0.717) is 23.7 Å². The van der Waals surface area contributed by atoms with Crippen LogP contribution in [0.5, 0.6) is 0 Å². The second-order valence-corrected chi connectivity index (χ2v) is 7.57. The molecular formula is C19H28N2O3. The van der Waals surface area contributed by atoms with Gasteiger partial charge >= 0.3 is 0 Å². The third-order valence-electron chi connectivity index (χ3n) is 4.58. The van der Waals surface area contributed by atoms with E-state index in [9.17, 15) is 14.7 Å². The van der Waals surface area contributed by atoms with Gasteiger partial charge in [0.05, 0.1) is 0 Å². The van der Waals surface area contributed by atoms with Crippen LogP contribution in [-0.4, -0.2) is 30.1 Å². The third-order valence-corrected chi connectivity index (χ3v) is 4.58. The number of anilines is 1. The summed E-state index contributed by atoms with van der Waals surface area (Å²) < 4.78 is 0. The zero-order valence-electron chi connectivity index (χ0n) is 14.8. The summed E-state index contributed by atoms with van der Waals surface area (Å²) in [6, 6.07) is 7.02. The zero-order chi connectivity index (χ0) is 17.7. The van der Waals surface area contributed by atoms with Gasteiger partial charge in [-0.1, -0.05) is 26.8 Å². The topological polar surface area (TPSA) is 78.4 Å². The van der Waals surface area contributed by atoms with E-state index in [4.69, 9.17) is 0 Å². The van der Waals surface area contributed by atoms with Crippen molar-refractivity contribution in [3.8, 4) is 0 Å². The molecular weight excluding hydrogens is 304 g/mol. The monoisotopic (exact) mass is 332 g/mol. The molecule has 24 heavy (non-hydrogen) atoms. The minimum Gasteiger partial charge on any atom is -0.396 e. The van der Waals surface area contributed by atoms with Crippen LogP contribution < -0.4 is 10.6 Å². The average molecular weight is 332 g/mol. The summed E-state index contributed by atoms with van der Waals surface area (Å²) in [5, 5.41) is 15.0. The number of amides is 2. The van der Waals surface area contributed by atoms with Gasteiger partial charge in [0, 0.05) is 30.3 Å². The fourth-order valence-electron chi connectivity index (χ4n) is 2.61. The van der Waals surface area contributed by atoms with E-state index in [0.717, 1.165) is 19.3 Å². The molecule has 0 bridgehead atoms. The van der Waals surface area contributed by atoms with Crippen molar-refractivity contribution in [1.82, 2.24) is 5.32 Å². The highest BCUT2D eigenvalue weighted by Gasteiger charge is 2.39. The van der Waals surface area contributed by atoms with Crippen molar-refractivity contribution in [2.45, 2.75) is 40.0 Å². The normalized spacial score (nSPS) is 19.7. The van der Waals surface area contributed by atoms with Crippen molar-refractivity contribution in [1.29, 1.82) is 0 Å². The molecule has 2 atom stereocenters. The first-order chi connectivity index (χ1) is 11.3. The van der Waals surface area contributed by atoms with Crippen LogP contribution in [0.2, 0.25) is 0 Å². The van der Waals surface area contributed by atoms with Crippen LogP contribution in [0.4, 0.5) is 5.69 Å². The third kappa shape index (κ3) is 5.34. The highest BCUT2D eigenvalue weighted by Crippen LogP contribution is 2.38. The van der Waals surface area contributed by atoms with Crippen LogP contribution in [0.25, 0.3) is 0 Å². The van der Waals surface area contributed by atoms with Gasteiger partial charge < -0.3 is 15.7 Å². The number of rotatable bonds is 8. The summed E-state index contributed by atoms with van der Waals surface area (Å²) in [4.78, 5) is 24.2. The highest BCUT2D eigenvalue weighted by atomic mass is 16.3. The largest absolute Gasteiger partial charge is 0.396 e. The summed E-state index contributed by atoms with van der Waals surface area (Å²) in [6.07, 6.45) is 2.60. The Hall–Kier alpha value is -1.88. The lowest BCUT2D eigenvalue weighted by Crippen LogP contribution is -2.26. The maximum absolute atomic E-state index is 12.2. The fraction of sp³-hybridized carbons (Fsp3) is 0.579. The number of aliphatic hydroxyl groups is 1. The number of carbonyl (C=O) groups excluding carboxylic acids is 2. The van der Waals surface area contributed by atoms with Crippen LogP contribution in [0.1, 0.15) is 50.4 Å². The summed E-state index contributed by atoms with van der Waals surface area (Å²) >= 11 is 0. The van der Waals surface area contributed by atoms with E-state index in [1.165, 1.54) is 0 Å². The van der Waals surface area contributed by atoms with Crippen molar-refractivity contribution >= 4 is 17.5 Å². The molecule has 2 unspecified atom stereocenters. The molecule has 132 valence electrons. The molecule has 2 rings (SSSR count). The molecule has 0 aromatic heterocycles. The van der Waals surface area contributed by atoms with Crippen LogP contribution >= 0.6 is 0 Å². The van der Waals surface area contributed by atoms with Crippen molar-refractivity contribution in [2.24, 2.45) is 17.3 Å². The molecule has 1 fully saturated rings. The first-order valence-corrected chi connectivity index (χ1v) is 8.62. The van der Waals surface area contributed by atoms with Gasteiger partial charge in [0.1, 0.15) is 0 Å². The average Bonchev–Trinajstić information content (AvgIpc) is 3.29. The first kappa shape index (κ1) is 18.5.